The first-order chi connectivity index (χ1) is 24.5. The quantitative estimate of drug-likeness (QED) is 0.0945. The molecule has 3 aromatic rings. The molecule has 0 bridgehead atoms. The molecule has 0 radical (unpaired) electrons. The lowest BCUT2D eigenvalue weighted by Crippen LogP contribution is -2.55. The Morgan fingerprint density at radius 3 is 1.92 bits per heavy atom. The molecule has 0 heterocycles. The molecule has 11 heteroatoms. The number of anilines is 1. The fourth-order valence-electron chi connectivity index (χ4n) is 5.46. The van der Waals surface area contributed by atoms with Crippen LogP contribution in [0, 0.1) is 5.92 Å². The van der Waals surface area contributed by atoms with Gasteiger partial charge in [-0.05, 0) is 74.1 Å². The van der Waals surface area contributed by atoms with Gasteiger partial charge in [-0.1, -0.05) is 80.6 Å². The first kappa shape index (κ1) is 40.0. The van der Waals surface area contributed by atoms with Gasteiger partial charge in [0, 0.05) is 43.2 Å². The van der Waals surface area contributed by atoms with E-state index in [4.69, 9.17) is 10.5 Å². The van der Waals surface area contributed by atoms with Crippen molar-refractivity contribution >= 4 is 35.3 Å². The number of nitrogens with one attached hydrogen (secondary N) is 3. The zero-order valence-electron chi connectivity index (χ0n) is 30.0. The van der Waals surface area contributed by atoms with E-state index >= 15 is 0 Å². The van der Waals surface area contributed by atoms with E-state index in [0.717, 1.165) is 29.9 Å². The predicted octanol–water partition coefficient (Wildman–Crippen LogP) is 5.09. The number of allylic oxidation sites excluding steroid dienone is 1. The molecule has 272 valence electrons. The third kappa shape index (κ3) is 14.1. The summed E-state index contributed by atoms with van der Waals surface area (Å²) in [7, 11) is 0. The van der Waals surface area contributed by atoms with Crippen LogP contribution in [0.1, 0.15) is 68.4 Å². The number of alkyl carbamates (subject to hydrolysis) is 1. The first-order valence-corrected chi connectivity index (χ1v) is 17.5. The average molecular weight is 698 g/mol. The molecule has 0 aliphatic rings. The Bertz CT molecular complexity index is 1590. The van der Waals surface area contributed by atoms with Gasteiger partial charge in [0.2, 0.25) is 17.7 Å². The molecule has 5 N–H and O–H groups in total. The summed E-state index contributed by atoms with van der Waals surface area (Å²) < 4.78 is 5.36. The standard InChI is InChI=1S/C40H51N5O6/c1-5-45(6-2)33-21-17-31(18-22-33)36(46)23-19-32(20-24-37(41)47)42-38(48)35(26-29-13-9-7-10-14-29)43-39(49)34(25-28(3)4)44-40(50)51-27-30-15-11-8-12-16-30/h7-19,21-23,28,32,34-35H,5-6,20,24-27H2,1-4H3,(H2,41,47)(H,42,48)(H,43,49)(H,44,50)/b23-19+/t32-,34+,35+/m1/s1. The highest BCUT2D eigenvalue weighted by Crippen LogP contribution is 2.16. The highest BCUT2D eigenvalue weighted by molar-refractivity contribution is 6.04. The van der Waals surface area contributed by atoms with E-state index < -0.39 is 41.9 Å². The van der Waals surface area contributed by atoms with E-state index in [0.29, 0.717) is 12.0 Å². The number of hydrogen-bond donors (Lipinski definition) is 4. The van der Waals surface area contributed by atoms with Crippen LogP contribution in [-0.2, 0) is 32.1 Å². The first-order valence-electron chi connectivity index (χ1n) is 17.5. The van der Waals surface area contributed by atoms with Gasteiger partial charge in [0.1, 0.15) is 18.7 Å². The molecular formula is C40H51N5O6. The number of hydrogen-bond acceptors (Lipinski definition) is 7. The lowest BCUT2D eigenvalue weighted by Gasteiger charge is -2.25. The van der Waals surface area contributed by atoms with E-state index in [2.05, 4.69) is 34.7 Å². The molecule has 0 fully saturated rings. The molecule has 0 unspecified atom stereocenters. The summed E-state index contributed by atoms with van der Waals surface area (Å²) in [6, 6.07) is 22.9. The van der Waals surface area contributed by atoms with Crippen molar-refractivity contribution in [3.05, 3.63) is 114 Å². The van der Waals surface area contributed by atoms with Gasteiger partial charge < -0.3 is 31.3 Å². The molecule has 3 atom stereocenters. The molecule has 0 saturated carbocycles. The summed E-state index contributed by atoms with van der Waals surface area (Å²) in [4.78, 5) is 67.2. The molecule has 0 aliphatic heterocycles. The van der Waals surface area contributed by atoms with E-state index in [-0.39, 0.29) is 37.6 Å². The largest absolute Gasteiger partial charge is 0.445 e. The van der Waals surface area contributed by atoms with Crippen LogP contribution in [0.2, 0.25) is 0 Å². The van der Waals surface area contributed by atoms with Crippen LogP contribution in [0.4, 0.5) is 10.5 Å². The van der Waals surface area contributed by atoms with Gasteiger partial charge in [-0.3, -0.25) is 19.2 Å². The Balaban J connectivity index is 1.78. The number of primary amides is 1. The van der Waals surface area contributed by atoms with E-state index in [1.807, 2.05) is 86.6 Å². The Hall–Kier alpha value is -5.45. The van der Waals surface area contributed by atoms with Crippen LogP contribution in [0.15, 0.2) is 97.1 Å². The molecule has 51 heavy (non-hydrogen) atoms. The zero-order valence-corrected chi connectivity index (χ0v) is 30.0. The van der Waals surface area contributed by atoms with E-state index in [1.54, 1.807) is 12.1 Å². The van der Waals surface area contributed by atoms with Gasteiger partial charge in [-0.2, -0.15) is 0 Å². The van der Waals surface area contributed by atoms with Crippen molar-refractivity contribution in [1.29, 1.82) is 0 Å². The summed E-state index contributed by atoms with van der Waals surface area (Å²) >= 11 is 0. The normalized spacial score (nSPS) is 12.8. The number of nitrogens with two attached hydrogens (primary N) is 1. The molecule has 11 nitrogen and oxygen atoms in total. The second-order valence-electron chi connectivity index (χ2n) is 12.7. The van der Waals surface area contributed by atoms with Crippen LogP contribution >= 0.6 is 0 Å². The third-order valence-corrected chi connectivity index (χ3v) is 8.23. The van der Waals surface area contributed by atoms with Crippen molar-refractivity contribution in [1.82, 2.24) is 16.0 Å². The summed E-state index contributed by atoms with van der Waals surface area (Å²) in [6.45, 7) is 9.68. The average Bonchev–Trinajstić information content (AvgIpc) is 3.12. The Morgan fingerprint density at radius 1 is 0.765 bits per heavy atom. The number of benzene rings is 3. The maximum Gasteiger partial charge on any atom is 0.408 e. The van der Waals surface area contributed by atoms with Crippen LogP contribution < -0.4 is 26.6 Å². The van der Waals surface area contributed by atoms with Gasteiger partial charge >= 0.3 is 6.09 Å². The molecular weight excluding hydrogens is 646 g/mol. The van der Waals surface area contributed by atoms with Crippen molar-refractivity contribution in [2.75, 3.05) is 18.0 Å². The molecule has 0 saturated heterocycles. The second-order valence-corrected chi connectivity index (χ2v) is 12.7. The minimum atomic E-state index is -1.05. The minimum Gasteiger partial charge on any atom is -0.445 e. The van der Waals surface area contributed by atoms with Crippen molar-refractivity contribution < 1.29 is 28.7 Å². The van der Waals surface area contributed by atoms with Crippen molar-refractivity contribution in [3.63, 3.8) is 0 Å². The predicted molar refractivity (Wildman–Crippen MR) is 199 cm³/mol. The number of amides is 4. The number of carbonyl (C=O) groups is 5. The number of ether oxygens (including phenoxy) is 1. The topological polar surface area (TPSA) is 160 Å². The Labute approximate surface area is 301 Å². The van der Waals surface area contributed by atoms with Crippen LogP contribution in [0.5, 0.6) is 0 Å². The zero-order chi connectivity index (χ0) is 37.2. The number of carbonyl (C=O) groups excluding carboxylic acids is 5. The lowest BCUT2D eigenvalue weighted by atomic mass is 10.0. The summed E-state index contributed by atoms with van der Waals surface area (Å²) in [5.41, 5.74) is 8.50. The van der Waals surface area contributed by atoms with Crippen molar-refractivity contribution in [2.24, 2.45) is 11.7 Å². The molecule has 0 aliphatic carbocycles. The maximum absolute atomic E-state index is 13.9. The smallest absolute Gasteiger partial charge is 0.408 e. The van der Waals surface area contributed by atoms with Crippen molar-refractivity contribution in [2.45, 2.75) is 78.1 Å². The minimum absolute atomic E-state index is 0.0332. The van der Waals surface area contributed by atoms with Crippen LogP contribution in [0.3, 0.4) is 0 Å². The highest BCUT2D eigenvalue weighted by atomic mass is 16.5. The Morgan fingerprint density at radius 2 is 1.35 bits per heavy atom. The molecule has 4 amide bonds. The number of rotatable bonds is 20. The monoisotopic (exact) mass is 697 g/mol. The molecule has 0 spiro atoms. The lowest BCUT2D eigenvalue weighted by molar-refractivity contribution is -0.130. The van der Waals surface area contributed by atoms with Gasteiger partial charge in [-0.25, -0.2) is 4.79 Å². The molecule has 3 aromatic carbocycles. The van der Waals surface area contributed by atoms with Crippen molar-refractivity contribution in [3.8, 4) is 0 Å². The third-order valence-electron chi connectivity index (χ3n) is 8.23. The second kappa shape index (κ2) is 20.9. The highest BCUT2D eigenvalue weighted by Gasteiger charge is 2.29. The summed E-state index contributed by atoms with van der Waals surface area (Å²) in [5.74, 6) is -1.88. The fraction of sp³-hybridized carbons (Fsp3) is 0.375. The summed E-state index contributed by atoms with van der Waals surface area (Å²) in [6.07, 6.45) is 2.70. The SMILES string of the molecule is CCN(CC)c1ccc(C(=O)/C=C/[C@H](CCC(N)=O)NC(=O)[C@H](Cc2ccccc2)NC(=O)[C@H](CC(C)C)NC(=O)OCc2ccccc2)cc1. The Kier molecular flexibility index (Phi) is 16.4. The molecule has 0 aromatic heterocycles. The van der Waals surface area contributed by atoms with Gasteiger partial charge in [-0.15, -0.1) is 0 Å². The summed E-state index contributed by atoms with van der Waals surface area (Å²) in [5, 5.41) is 8.37. The number of nitrogens with zero attached hydrogens (tertiary/aromatic N) is 1. The maximum atomic E-state index is 13.9. The van der Waals surface area contributed by atoms with Gasteiger partial charge in [0.25, 0.3) is 0 Å². The fourth-order valence-corrected chi connectivity index (χ4v) is 5.46. The van der Waals surface area contributed by atoms with Crippen LogP contribution in [0.25, 0.3) is 0 Å². The van der Waals surface area contributed by atoms with Gasteiger partial charge in [0.15, 0.2) is 5.78 Å². The van der Waals surface area contributed by atoms with Crippen LogP contribution in [-0.4, -0.2) is 60.8 Å². The number of ketones is 1. The van der Waals surface area contributed by atoms with Gasteiger partial charge in [0.05, 0.1) is 0 Å². The molecule has 3 rings (SSSR count). The van der Waals surface area contributed by atoms with E-state index in [9.17, 15) is 24.0 Å². The van der Waals surface area contributed by atoms with E-state index in [1.165, 1.54) is 12.2 Å².